The number of aromatic nitrogens is 2. The fraction of sp³-hybridized carbons (Fsp3) is 0.267. The summed E-state index contributed by atoms with van der Waals surface area (Å²) < 4.78 is 2.27. The highest BCUT2D eigenvalue weighted by Gasteiger charge is 2.15. The van der Waals surface area contributed by atoms with Gasteiger partial charge in [0, 0.05) is 6.54 Å². The molecular weight excluding hydrogens is 254 g/mol. The van der Waals surface area contributed by atoms with Crippen molar-refractivity contribution < 1.29 is 0 Å². The van der Waals surface area contributed by atoms with Crippen LogP contribution >= 0.6 is 11.3 Å². The Morgan fingerprint density at radius 1 is 1.32 bits per heavy atom. The van der Waals surface area contributed by atoms with Gasteiger partial charge in [0.2, 0.25) is 0 Å². The molecule has 1 aromatic carbocycles. The number of hydrogen-bond acceptors (Lipinski definition) is 3. The minimum absolute atomic E-state index is 0.814. The van der Waals surface area contributed by atoms with Crippen molar-refractivity contribution in [1.29, 1.82) is 0 Å². The average molecular weight is 271 g/mol. The van der Waals surface area contributed by atoms with Gasteiger partial charge >= 0.3 is 0 Å². The van der Waals surface area contributed by atoms with Gasteiger partial charge in [0.15, 0.2) is 5.82 Å². The number of anilines is 1. The highest BCUT2D eigenvalue weighted by atomic mass is 32.1. The summed E-state index contributed by atoms with van der Waals surface area (Å²) in [6.45, 7) is 5.24. The van der Waals surface area contributed by atoms with Crippen LogP contribution in [0.25, 0.3) is 21.7 Å². The monoisotopic (exact) mass is 271 g/mol. The first-order chi connectivity index (χ1) is 9.20. The van der Waals surface area contributed by atoms with Crippen LogP contribution in [0, 0.1) is 6.92 Å². The molecule has 0 aliphatic rings. The Balaban J connectivity index is 2.28. The molecule has 0 fully saturated rings. The second-order valence-corrected chi connectivity index (χ2v) is 5.70. The molecule has 3 rings (SSSR count). The number of benzene rings is 1. The van der Waals surface area contributed by atoms with E-state index in [-0.39, 0.29) is 0 Å². The maximum absolute atomic E-state index is 6.05. The van der Waals surface area contributed by atoms with Crippen LogP contribution in [-0.4, -0.2) is 9.55 Å². The van der Waals surface area contributed by atoms with Gasteiger partial charge in [0.1, 0.15) is 0 Å². The molecule has 3 aromatic rings. The molecule has 3 nitrogen and oxygen atoms in total. The Bertz CT molecular complexity index is 724. The van der Waals surface area contributed by atoms with Crippen molar-refractivity contribution in [2.75, 3.05) is 5.73 Å². The first kappa shape index (κ1) is 12.2. The molecule has 0 unspecified atom stereocenters. The molecule has 0 spiro atoms. The second kappa shape index (κ2) is 4.70. The number of imidazole rings is 1. The van der Waals surface area contributed by atoms with Gasteiger partial charge in [0.25, 0.3) is 0 Å². The van der Waals surface area contributed by atoms with Crippen LogP contribution in [0.1, 0.15) is 18.9 Å². The van der Waals surface area contributed by atoms with Gasteiger partial charge in [0.05, 0.1) is 21.6 Å². The average Bonchev–Trinajstić information content (AvgIpc) is 2.94. The van der Waals surface area contributed by atoms with Crippen LogP contribution in [0.5, 0.6) is 0 Å². The van der Waals surface area contributed by atoms with E-state index in [1.54, 1.807) is 11.3 Å². The van der Waals surface area contributed by atoms with E-state index in [0.717, 1.165) is 34.9 Å². The summed E-state index contributed by atoms with van der Waals surface area (Å²) in [5.41, 5.74) is 10.3. The molecule has 2 heterocycles. The van der Waals surface area contributed by atoms with Crippen molar-refractivity contribution in [2.24, 2.45) is 0 Å². The number of nitrogens with zero attached hydrogens (tertiary/aromatic N) is 2. The smallest absolute Gasteiger partial charge is 0.153 e. The number of aryl methyl sites for hydroxylation is 2. The summed E-state index contributed by atoms with van der Waals surface area (Å²) in [5, 5.41) is 2.02. The van der Waals surface area contributed by atoms with E-state index in [0.29, 0.717) is 0 Å². The lowest BCUT2D eigenvalue weighted by Crippen LogP contribution is -2.00. The second-order valence-electron chi connectivity index (χ2n) is 4.78. The first-order valence-corrected chi connectivity index (χ1v) is 7.39. The van der Waals surface area contributed by atoms with Crippen LogP contribution in [0.3, 0.4) is 0 Å². The Hall–Kier alpha value is -1.81. The molecular formula is C15H17N3S. The summed E-state index contributed by atoms with van der Waals surface area (Å²) in [4.78, 5) is 5.86. The van der Waals surface area contributed by atoms with Gasteiger partial charge in [-0.05, 0) is 42.5 Å². The van der Waals surface area contributed by atoms with E-state index in [1.807, 2.05) is 11.4 Å². The van der Waals surface area contributed by atoms with Gasteiger partial charge in [-0.15, -0.1) is 11.3 Å². The van der Waals surface area contributed by atoms with E-state index in [4.69, 9.17) is 10.7 Å². The molecule has 0 atom stereocenters. The third-order valence-corrected chi connectivity index (χ3v) is 4.18. The zero-order chi connectivity index (χ0) is 13.4. The molecule has 4 heteroatoms. The van der Waals surface area contributed by atoms with Gasteiger partial charge in [-0.2, -0.15) is 0 Å². The molecule has 0 radical (unpaired) electrons. The topological polar surface area (TPSA) is 43.8 Å². The van der Waals surface area contributed by atoms with Crippen molar-refractivity contribution in [3.8, 4) is 10.7 Å². The minimum Gasteiger partial charge on any atom is -0.397 e. The molecule has 98 valence electrons. The lowest BCUT2D eigenvalue weighted by atomic mass is 10.2. The molecule has 0 amide bonds. The zero-order valence-corrected chi connectivity index (χ0v) is 12.0. The predicted octanol–water partition coefficient (Wildman–Crippen LogP) is 4.07. The molecule has 2 N–H and O–H groups in total. The van der Waals surface area contributed by atoms with Crippen molar-refractivity contribution in [2.45, 2.75) is 26.8 Å². The number of thiophene rings is 1. The third-order valence-electron chi connectivity index (χ3n) is 3.25. The van der Waals surface area contributed by atoms with Crippen molar-refractivity contribution in [3.05, 3.63) is 35.2 Å². The zero-order valence-electron chi connectivity index (χ0n) is 11.2. The highest BCUT2D eigenvalue weighted by Crippen LogP contribution is 2.33. The van der Waals surface area contributed by atoms with Gasteiger partial charge in [-0.3, -0.25) is 0 Å². The molecule has 0 saturated heterocycles. The molecule has 0 bridgehead atoms. The van der Waals surface area contributed by atoms with Gasteiger partial charge in [-0.1, -0.05) is 13.0 Å². The lowest BCUT2D eigenvalue weighted by molar-refractivity contribution is 0.705. The number of nitrogen functional groups attached to an aromatic ring is 1. The SMILES string of the molecule is CCCn1c(-c2sccc2N)nc2cc(C)ccc21. The Kier molecular flexibility index (Phi) is 3.03. The number of hydrogen-bond donors (Lipinski definition) is 1. The lowest BCUT2D eigenvalue weighted by Gasteiger charge is -2.07. The molecule has 19 heavy (non-hydrogen) atoms. The number of rotatable bonds is 3. The third kappa shape index (κ3) is 2.02. The van der Waals surface area contributed by atoms with Crippen molar-refractivity contribution in [3.63, 3.8) is 0 Å². The van der Waals surface area contributed by atoms with Crippen LogP contribution < -0.4 is 5.73 Å². The molecule has 0 aliphatic carbocycles. The van der Waals surface area contributed by atoms with Gasteiger partial charge < -0.3 is 10.3 Å². The Labute approximate surface area is 116 Å². The Morgan fingerprint density at radius 2 is 2.16 bits per heavy atom. The molecule has 2 aromatic heterocycles. The summed E-state index contributed by atoms with van der Waals surface area (Å²) in [7, 11) is 0. The van der Waals surface area contributed by atoms with Gasteiger partial charge in [-0.25, -0.2) is 4.98 Å². The fourth-order valence-corrected chi connectivity index (χ4v) is 3.18. The normalized spacial score (nSPS) is 11.3. The quantitative estimate of drug-likeness (QED) is 0.780. The van der Waals surface area contributed by atoms with Crippen LogP contribution in [0.4, 0.5) is 5.69 Å². The molecule has 0 saturated carbocycles. The van der Waals surface area contributed by atoms with Crippen LogP contribution in [-0.2, 0) is 6.54 Å². The number of nitrogens with two attached hydrogens (primary N) is 1. The van der Waals surface area contributed by atoms with Crippen LogP contribution in [0.15, 0.2) is 29.6 Å². The number of fused-ring (bicyclic) bond motifs is 1. The van der Waals surface area contributed by atoms with E-state index in [1.165, 1.54) is 11.1 Å². The van der Waals surface area contributed by atoms with E-state index in [9.17, 15) is 0 Å². The first-order valence-electron chi connectivity index (χ1n) is 6.51. The van der Waals surface area contributed by atoms with Crippen LogP contribution in [0.2, 0.25) is 0 Å². The largest absolute Gasteiger partial charge is 0.397 e. The molecule has 0 aliphatic heterocycles. The maximum Gasteiger partial charge on any atom is 0.153 e. The van der Waals surface area contributed by atoms with E-state index in [2.05, 4.69) is 36.6 Å². The summed E-state index contributed by atoms with van der Waals surface area (Å²) in [6.07, 6.45) is 1.08. The highest BCUT2D eigenvalue weighted by molar-refractivity contribution is 7.14. The Morgan fingerprint density at radius 3 is 2.84 bits per heavy atom. The maximum atomic E-state index is 6.05. The van der Waals surface area contributed by atoms with E-state index < -0.39 is 0 Å². The van der Waals surface area contributed by atoms with Crippen molar-refractivity contribution in [1.82, 2.24) is 9.55 Å². The summed E-state index contributed by atoms with van der Waals surface area (Å²) in [6, 6.07) is 8.37. The van der Waals surface area contributed by atoms with Crippen molar-refractivity contribution >= 4 is 28.1 Å². The minimum atomic E-state index is 0.814. The summed E-state index contributed by atoms with van der Waals surface area (Å²) >= 11 is 1.65. The standard InChI is InChI=1S/C15H17N3S/c1-3-7-18-13-5-4-10(2)9-12(13)17-15(18)14-11(16)6-8-19-14/h4-6,8-9H,3,7,16H2,1-2H3. The van der Waals surface area contributed by atoms with E-state index >= 15 is 0 Å². The fourth-order valence-electron chi connectivity index (χ4n) is 2.36. The summed E-state index contributed by atoms with van der Waals surface area (Å²) in [5.74, 6) is 0.995. The predicted molar refractivity (Wildman–Crippen MR) is 82.5 cm³/mol.